The van der Waals surface area contributed by atoms with Crippen molar-refractivity contribution in [3.63, 3.8) is 0 Å². The Balaban J connectivity index is 2.37. The minimum atomic E-state index is -0.298. The molecular weight excluding hydrogens is 221 g/mol. The smallest absolute Gasteiger partial charge is 0.129 e. The number of anilines is 1. The zero-order valence-corrected chi connectivity index (χ0v) is 9.77. The number of aryl methyl sites for hydroxylation is 1. The van der Waals surface area contributed by atoms with Gasteiger partial charge in [0.15, 0.2) is 0 Å². The lowest BCUT2D eigenvalue weighted by atomic mass is 10.1. The number of hydrogen-bond donors (Lipinski definition) is 1. The lowest BCUT2D eigenvalue weighted by Crippen LogP contribution is -1.96. The molecule has 0 saturated carbocycles. The van der Waals surface area contributed by atoms with Crippen molar-refractivity contribution in [2.24, 2.45) is 7.05 Å². The third-order valence-electron chi connectivity index (χ3n) is 2.56. The molecule has 17 heavy (non-hydrogen) atoms. The van der Waals surface area contributed by atoms with Crippen LogP contribution >= 0.6 is 0 Å². The lowest BCUT2D eigenvalue weighted by Gasteiger charge is -2.03. The number of nitrogens with two attached hydrogens (primary N) is 1. The fourth-order valence-corrected chi connectivity index (χ4v) is 1.60. The van der Waals surface area contributed by atoms with Crippen LogP contribution in [0.15, 0.2) is 24.3 Å². The minimum absolute atomic E-state index is 0.260. The van der Waals surface area contributed by atoms with Crippen LogP contribution in [0.1, 0.15) is 5.56 Å². The fourth-order valence-electron chi connectivity index (χ4n) is 1.60. The number of nitrogens with zero attached hydrogens (tertiary/aromatic N) is 2. The molecule has 2 aromatic rings. The number of rotatable bonds is 3. The highest BCUT2D eigenvalue weighted by Gasteiger charge is 2.08. The molecule has 0 aliphatic rings. The van der Waals surface area contributed by atoms with Crippen molar-refractivity contribution in [1.82, 2.24) is 9.78 Å². The van der Waals surface area contributed by atoms with Crippen molar-refractivity contribution in [3.05, 3.63) is 35.6 Å². The first-order valence-electron chi connectivity index (χ1n) is 5.19. The highest BCUT2D eigenvalue weighted by atomic mass is 19.1. The van der Waals surface area contributed by atoms with Crippen molar-refractivity contribution in [2.45, 2.75) is 6.61 Å². The van der Waals surface area contributed by atoms with Gasteiger partial charge in [-0.05, 0) is 6.07 Å². The standard InChI is InChI=1S/C12H14FN3O/c1-16-12(14)6-11(15-16)8-3-4-9(7-17-2)10(13)5-8/h3-6H,7,14H2,1-2H3. The zero-order chi connectivity index (χ0) is 12.4. The molecule has 0 radical (unpaired) electrons. The second kappa shape index (κ2) is 4.55. The Morgan fingerprint density at radius 1 is 1.41 bits per heavy atom. The van der Waals surface area contributed by atoms with E-state index >= 15 is 0 Å². The van der Waals surface area contributed by atoms with Crippen LogP contribution in [0.25, 0.3) is 11.3 Å². The molecule has 0 amide bonds. The van der Waals surface area contributed by atoms with Gasteiger partial charge in [0.1, 0.15) is 11.6 Å². The Morgan fingerprint density at radius 3 is 2.71 bits per heavy atom. The van der Waals surface area contributed by atoms with E-state index in [0.717, 1.165) is 0 Å². The molecule has 1 aromatic carbocycles. The number of aromatic nitrogens is 2. The van der Waals surface area contributed by atoms with Gasteiger partial charge in [0.05, 0.1) is 12.3 Å². The predicted octanol–water partition coefficient (Wildman–Crippen LogP) is 1.95. The van der Waals surface area contributed by atoms with Crippen LogP contribution in [0.3, 0.4) is 0 Å². The maximum Gasteiger partial charge on any atom is 0.129 e. The number of methoxy groups -OCH3 is 1. The molecule has 90 valence electrons. The van der Waals surface area contributed by atoms with Crippen molar-refractivity contribution < 1.29 is 9.13 Å². The van der Waals surface area contributed by atoms with E-state index in [0.29, 0.717) is 22.6 Å². The Morgan fingerprint density at radius 2 is 2.18 bits per heavy atom. The van der Waals surface area contributed by atoms with Crippen LogP contribution in [-0.2, 0) is 18.4 Å². The third kappa shape index (κ3) is 2.29. The van der Waals surface area contributed by atoms with Gasteiger partial charge in [-0.1, -0.05) is 12.1 Å². The van der Waals surface area contributed by atoms with E-state index in [1.165, 1.54) is 13.2 Å². The Bertz CT molecular complexity index is 517. The largest absolute Gasteiger partial charge is 0.384 e. The van der Waals surface area contributed by atoms with E-state index in [9.17, 15) is 4.39 Å². The van der Waals surface area contributed by atoms with Crippen LogP contribution in [0.4, 0.5) is 10.2 Å². The summed E-state index contributed by atoms with van der Waals surface area (Å²) in [6.45, 7) is 0.260. The first kappa shape index (κ1) is 11.6. The third-order valence-corrected chi connectivity index (χ3v) is 2.56. The van der Waals surface area contributed by atoms with Gasteiger partial charge in [0.2, 0.25) is 0 Å². The summed E-state index contributed by atoms with van der Waals surface area (Å²) in [5.74, 6) is 0.245. The topological polar surface area (TPSA) is 53.1 Å². The van der Waals surface area contributed by atoms with Crippen LogP contribution < -0.4 is 5.73 Å². The summed E-state index contributed by atoms with van der Waals surface area (Å²) in [6.07, 6.45) is 0. The van der Waals surface area contributed by atoms with Gasteiger partial charge < -0.3 is 10.5 Å². The quantitative estimate of drug-likeness (QED) is 0.884. The van der Waals surface area contributed by atoms with E-state index in [2.05, 4.69) is 5.10 Å². The van der Waals surface area contributed by atoms with Crippen molar-refractivity contribution in [2.75, 3.05) is 12.8 Å². The number of nitrogen functional groups attached to an aromatic ring is 1. The molecule has 0 spiro atoms. The van der Waals surface area contributed by atoms with E-state index in [1.807, 2.05) is 0 Å². The van der Waals surface area contributed by atoms with Crippen molar-refractivity contribution in [3.8, 4) is 11.3 Å². The molecule has 0 saturated heterocycles. The summed E-state index contributed by atoms with van der Waals surface area (Å²) < 4.78 is 20.1. The van der Waals surface area contributed by atoms with Gasteiger partial charge in [-0.15, -0.1) is 0 Å². The fraction of sp³-hybridized carbons (Fsp3) is 0.250. The summed E-state index contributed by atoms with van der Waals surface area (Å²) in [5.41, 5.74) is 7.57. The Labute approximate surface area is 98.8 Å². The molecule has 0 aliphatic carbocycles. The minimum Gasteiger partial charge on any atom is -0.384 e. The molecular formula is C12H14FN3O. The van der Waals surface area contributed by atoms with E-state index in [1.54, 1.807) is 29.9 Å². The van der Waals surface area contributed by atoms with Crippen LogP contribution in [0.2, 0.25) is 0 Å². The first-order valence-corrected chi connectivity index (χ1v) is 5.19. The summed E-state index contributed by atoms with van der Waals surface area (Å²) in [4.78, 5) is 0. The highest BCUT2D eigenvalue weighted by Crippen LogP contribution is 2.22. The van der Waals surface area contributed by atoms with E-state index < -0.39 is 0 Å². The van der Waals surface area contributed by atoms with E-state index in [4.69, 9.17) is 10.5 Å². The summed E-state index contributed by atoms with van der Waals surface area (Å²) in [5, 5.41) is 4.19. The molecule has 2 rings (SSSR count). The molecule has 2 N–H and O–H groups in total. The van der Waals surface area contributed by atoms with E-state index in [-0.39, 0.29) is 12.4 Å². The molecule has 0 fully saturated rings. The molecule has 0 atom stereocenters. The highest BCUT2D eigenvalue weighted by molar-refractivity contribution is 5.62. The second-order valence-electron chi connectivity index (χ2n) is 3.82. The van der Waals surface area contributed by atoms with Crippen LogP contribution in [0.5, 0.6) is 0 Å². The molecule has 4 nitrogen and oxygen atoms in total. The monoisotopic (exact) mass is 235 g/mol. The SMILES string of the molecule is COCc1ccc(-c2cc(N)n(C)n2)cc1F. The van der Waals surface area contributed by atoms with Gasteiger partial charge in [-0.25, -0.2) is 4.39 Å². The summed E-state index contributed by atoms with van der Waals surface area (Å²) in [7, 11) is 3.28. The van der Waals surface area contributed by atoms with Gasteiger partial charge in [-0.3, -0.25) is 4.68 Å². The average Bonchev–Trinajstić information content (AvgIpc) is 2.62. The number of ether oxygens (including phenoxy) is 1. The van der Waals surface area contributed by atoms with Crippen molar-refractivity contribution in [1.29, 1.82) is 0 Å². The normalized spacial score (nSPS) is 10.8. The Hall–Kier alpha value is -1.88. The van der Waals surface area contributed by atoms with Gasteiger partial charge in [-0.2, -0.15) is 5.10 Å². The zero-order valence-electron chi connectivity index (χ0n) is 9.77. The molecule has 1 heterocycles. The van der Waals surface area contributed by atoms with Crippen LogP contribution in [0, 0.1) is 5.82 Å². The number of halogens is 1. The number of benzene rings is 1. The molecule has 1 aromatic heterocycles. The van der Waals surface area contributed by atoms with Gasteiger partial charge >= 0.3 is 0 Å². The predicted molar refractivity (Wildman–Crippen MR) is 63.7 cm³/mol. The Kier molecular flexibility index (Phi) is 3.10. The first-order chi connectivity index (χ1) is 8.11. The maximum atomic E-state index is 13.7. The van der Waals surface area contributed by atoms with Gasteiger partial charge in [0.25, 0.3) is 0 Å². The molecule has 5 heteroatoms. The maximum absolute atomic E-state index is 13.7. The van der Waals surface area contributed by atoms with Gasteiger partial charge in [0, 0.05) is 31.4 Å². The molecule has 0 bridgehead atoms. The van der Waals surface area contributed by atoms with Crippen LogP contribution in [-0.4, -0.2) is 16.9 Å². The second-order valence-corrected chi connectivity index (χ2v) is 3.82. The number of hydrogen-bond acceptors (Lipinski definition) is 3. The van der Waals surface area contributed by atoms with Crippen molar-refractivity contribution >= 4 is 5.82 Å². The summed E-state index contributed by atoms with van der Waals surface area (Å²) >= 11 is 0. The average molecular weight is 235 g/mol. The summed E-state index contributed by atoms with van der Waals surface area (Å²) in [6, 6.07) is 6.65. The molecule has 0 unspecified atom stereocenters. The molecule has 0 aliphatic heterocycles. The lowest BCUT2D eigenvalue weighted by molar-refractivity contribution is 0.181.